The number of benzene rings is 2. The van der Waals surface area contributed by atoms with Gasteiger partial charge < -0.3 is 5.32 Å². The summed E-state index contributed by atoms with van der Waals surface area (Å²) in [6.07, 6.45) is 2.14. The Balaban J connectivity index is 1.81. The largest absolute Gasteiger partial charge is 0.325 e. The highest BCUT2D eigenvalue weighted by atomic mass is 79.9. The summed E-state index contributed by atoms with van der Waals surface area (Å²) in [6, 6.07) is 12.2. The van der Waals surface area contributed by atoms with Gasteiger partial charge in [-0.25, -0.2) is 0 Å². The van der Waals surface area contributed by atoms with E-state index in [-0.39, 0.29) is 11.2 Å². The van der Waals surface area contributed by atoms with Crippen molar-refractivity contribution in [3.8, 4) is 0 Å². The minimum atomic E-state index is 0.126. The fourth-order valence-corrected chi connectivity index (χ4v) is 3.84. The van der Waals surface area contributed by atoms with Crippen LogP contribution in [0.1, 0.15) is 12.8 Å². The molecule has 1 atom stereocenters. The first kappa shape index (κ1) is 13.0. The molecular weight excluding hydrogens is 322 g/mol. The van der Waals surface area contributed by atoms with Crippen molar-refractivity contribution >= 4 is 50.1 Å². The predicted octanol–water partition coefficient (Wildman–Crippen LogP) is 4.44. The molecule has 1 fully saturated rings. The average molecular weight is 336 g/mol. The van der Waals surface area contributed by atoms with E-state index in [2.05, 4.69) is 33.4 Å². The number of hydrogen-bond acceptors (Lipinski definition) is 2. The Labute approximate surface area is 125 Å². The van der Waals surface area contributed by atoms with Gasteiger partial charge in [0.1, 0.15) is 0 Å². The van der Waals surface area contributed by atoms with Crippen LogP contribution >= 0.6 is 27.7 Å². The number of amides is 1. The van der Waals surface area contributed by atoms with E-state index in [0.29, 0.717) is 0 Å². The second-order valence-corrected chi connectivity index (χ2v) is 6.92. The number of hydrogen-bond donors (Lipinski definition) is 1. The maximum atomic E-state index is 12.1. The van der Waals surface area contributed by atoms with Crippen LogP contribution in [-0.2, 0) is 4.79 Å². The molecule has 0 radical (unpaired) electrons. The van der Waals surface area contributed by atoms with E-state index in [0.717, 1.165) is 34.1 Å². The maximum Gasteiger partial charge on any atom is 0.237 e. The summed E-state index contributed by atoms with van der Waals surface area (Å²) < 4.78 is 1.07. The Morgan fingerprint density at radius 1 is 1.21 bits per heavy atom. The molecule has 0 aromatic heterocycles. The van der Waals surface area contributed by atoms with Gasteiger partial charge in [-0.05, 0) is 53.6 Å². The second kappa shape index (κ2) is 5.55. The topological polar surface area (TPSA) is 29.1 Å². The third-order valence-electron chi connectivity index (χ3n) is 3.29. The van der Waals surface area contributed by atoms with Crippen molar-refractivity contribution in [2.75, 3.05) is 11.1 Å². The summed E-state index contributed by atoms with van der Waals surface area (Å²) in [5.41, 5.74) is 0.882. The number of carbonyl (C=O) groups is 1. The van der Waals surface area contributed by atoms with E-state index in [1.54, 1.807) is 11.8 Å². The van der Waals surface area contributed by atoms with Crippen LogP contribution in [0.2, 0.25) is 0 Å². The number of anilines is 1. The van der Waals surface area contributed by atoms with Gasteiger partial charge in [-0.15, -0.1) is 11.8 Å². The highest BCUT2D eigenvalue weighted by Crippen LogP contribution is 2.28. The van der Waals surface area contributed by atoms with Gasteiger partial charge in [0.2, 0.25) is 5.91 Å². The molecule has 1 N–H and O–H groups in total. The van der Waals surface area contributed by atoms with Crippen molar-refractivity contribution in [3.63, 3.8) is 0 Å². The van der Waals surface area contributed by atoms with E-state index in [1.165, 1.54) is 5.39 Å². The smallest absolute Gasteiger partial charge is 0.237 e. The van der Waals surface area contributed by atoms with Gasteiger partial charge in [0.25, 0.3) is 0 Å². The molecule has 0 aliphatic carbocycles. The molecule has 3 rings (SSSR count). The molecule has 1 saturated heterocycles. The minimum absolute atomic E-state index is 0.126. The first-order valence-corrected chi connectivity index (χ1v) is 8.18. The normalized spacial score (nSPS) is 18.7. The van der Waals surface area contributed by atoms with Gasteiger partial charge in [0.15, 0.2) is 0 Å². The lowest BCUT2D eigenvalue weighted by atomic mass is 10.1. The summed E-state index contributed by atoms with van der Waals surface area (Å²) >= 11 is 5.22. The zero-order valence-electron chi connectivity index (χ0n) is 10.4. The Bertz CT molecular complexity index is 623. The number of fused-ring (bicyclic) bond motifs is 1. The lowest BCUT2D eigenvalue weighted by Gasteiger charge is -2.10. The number of halogens is 1. The Morgan fingerprint density at radius 3 is 2.79 bits per heavy atom. The monoisotopic (exact) mass is 335 g/mol. The van der Waals surface area contributed by atoms with Gasteiger partial charge in [-0.3, -0.25) is 4.79 Å². The van der Waals surface area contributed by atoms with Crippen molar-refractivity contribution in [1.82, 2.24) is 0 Å². The number of carbonyl (C=O) groups excluding carboxylic acids is 1. The molecule has 2 nitrogen and oxygen atoms in total. The van der Waals surface area contributed by atoms with Crippen LogP contribution in [-0.4, -0.2) is 16.9 Å². The van der Waals surface area contributed by atoms with Gasteiger partial charge in [0, 0.05) is 10.2 Å². The lowest BCUT2D eigenvalue weighted by Crippen LogP contribution is -2.22. The van der Waals surface area contributed by atoms with Gasteiger partial charge in [-0.2, -0.15) is 0 Å². The van der Waals surface area contributed by atoms with Crippen LogP contribution in [0.5, 0.6) is 0 Å². The molecule has 1 heterocycles. The second-order valence-electron chi connectivity index (χ2n) is 4.70. The fourth-order valence-electron chi connectivity index (χ4n) is 2.30. The zero-order chi connectivity index (χ0) is 13.2. The van der Waals surface area contributed by atoms with Crippen molar-refractivity contribution < 1.29 is 4.79 Å². The first-order chi connectivity index (χ1) is 9.22. The SMILES string of the molecule is O=C(Nc1ccc2cc(Br)ccc2c1)C1CCCS1. The molecule has 0 saturated carbocycles. The molecule has 19 heavy (non-hydrogen) atoms. The molecule has 1 aliphatic rings. The van der Waals surface area contributed by atoms with Crippen LogP contribution in [0.15, 0.2) is 40.9 Å². The summed E-state index contributed by atoms with van der Waals surface area (Å²) in [7, 11) is 0. The van der Waals surface area contributed by atoms with Gasteiger partial charge >= 0.3 is 0 Å². The fraction of sp³-hybridized carbons (Fsp3) is 0.267. The summed E-state index contributed by atoms with van der Waals surface area (Å²) in [5, 5.41) is 5.45. The summed E-state index contributed by atoms with van der Waals surface area (Å²) in [5.74, 6) is 1.24. The highest BCUT2D eigenvalue weighted by Gasteiger charge is 2.23. The van der Waals surface area contributed by atoms with Crippen LogP contribution in [0, 0.1) is 0 Å². The number of rotatable bonds is 2. The average Bonchev–Trinajstić information content (AvgIpc) is 2.93. The highest BCUT2D eigenvalue weighted by molar-refractivity contribution is 9.10. The summed E-state index contributed by atoms with van der Waals surface area (Å²) in [4.78, 5) is 12.1. The number of nitrogens with one attached hydrogen (secondary N) is 1. The van der Waals surface area contributed by atoms with Crippen LogP contribution in [0.25, 0.3) is 10.8 Å². The Kier molecular flexibility index (Phi) is 3.80. The van der Waals surface area contributed by atoms with E-state index in [9.17, 15) is 4.79 Å². The van der Waals surface area contributed by atoms with Crippen molar-refractivity contribution in [3.05, 3.63) is 40.9 Å². The predicted molar refractivity (Wildman–Crippen MR) is 85.8 cm³/mol. The summed E-state index contributed by atoms with van der Waals surface area (Å²) in [6.45, 7) is 0. The van der Waals surface area contributed by atoms with Crippen molar-refractivity contribution in [1.29, 1.82) is 0 Å². The van der Waals surface area contributed by atoms with Gasteiger partial charge in [-0.1, -0.05) is 28.1 Å². The molecule has 1 unspecified atom stereocenters. The molecule has 1 aliphatic heterocycles. The molecule has 2 aromatic rings. The van der Waals surface area contributed by atoms with Crippen LogP contribution in [0.3, 0.4) is 0 Å². The third kappa shape index (κ3) is 2.95. The van der Waals surface area contributed by atoms with Crippen LogP contribution in [0.4, 0.5) is 5.69 Å². The first-order valence-electron chi connectivity index (χ1n) is 6.34. The van der Waals surface area contributed by atoms with E-state index >= 15 is 0 Å². The standard InChI is InChI=1S/C15H14BrNOS/c16-12-5-3-11-9-13(6-4-10(11)8-12)17-15(18)14-2-1-7-19-14/h3-6,8-9,14H,1-2,7H2,(H,17,18). The molecule has 0 bridgehead atoms. The maximum absolute atomic E-state index is 12.1. The molecule has 98 valence electrons. The van der Waals surface area contributed by atoms with E-state index in [1.807, 2.05) is 24.3 Å². The van der Waals surface area contributed by atoms with E-state index < -0.39 is 0 Å². The Morgan fingerprint density at radius 2 is 2.00 bits per heavy atom. The van der Waals surface area contributed by atoms with E-state index in [4.69, 9.17) is 0 Å². The van der Waals surface area contributed by atoms with Crippen molar-refractivity contribution in [2.24, 2.45) is 0 Å². The molecule has 2 aromatic carbocycles. The molecule has 1 amide bonds. The molecule has 4 heteroatoms. The van der Waals surface area contributed by atoms with Crippen molar-refractivity contribution in [2.45, 2.75) is 18.1 Å². The van der Waals surface area contributed by atoms with Gasteiger partial charge in [0.05, 0.1) is 5.25 Å². The number of thioether (sulfide) groups is 1. The zero-order valence-corrected chi connectivity index (χ0v) is 12.8. The minimum Gasteiger partial charge on any atom is -0.325 e. The third-order valence-corrected chi connectivity index (χ3v) is 5.16. The van der Waals surface area contributed by atoms with Crippen LogP contribution < -0.4 is 5.32 Å². The molecule has 0 spiro atoms. The quantitative estimate of drug-likeness (QED) is 0.879. The molecular formula is C15H14BrNOS. The lowest BCUT2D eigenvalue weighted by molar-refractivity contribution is -0.115. The Hall–Kier alpha value is -1.00.